The molecule has 9 rings (SSSR count). The zero-order valence-corrected chi connectivity index (χ0v) is 24.0. The van der Waals surface area contributed by atoms with Gasteiger partial charge >= 0.3 is 12.8 Å². The van der Waals surface area contributed by atoms with Crippen LogP contribution in [0.25, 0.3) is 11.1 Å². The zero-order valence-electron chi connectivity index (χ0n) is 24.0. The van der Waals surface area contributed by atoms with Crippen LogP contribution in [-0.2, 0) is 16.4 Å². The van der Waals surface area contributed by atoms with Crippen molar-refractivity contribution in [2.24, 2.45) is 10.8 Å². The number of amides is 1. The normalized spacial score (nSPS) is 30.4. The fraction of sp³-hybridized carbons (Fsp3) is 0.471. The lowest BCUT2D eigenvalue weighted by Crippen LogP contribution is -2.71. The molecule has 4 nitrogen and oxygen atoms in total. The van der Waals surface area contributed by atoms with E-state index in [9.17, 15) is 31.1 Å². The molecule has 0 saturated heterocycles. The van der Waals surface area contributed by atoms with E-state index < -0.39 is 29.4 Å². The number of hydrogen-bond donors (Lipinski definition) is 0. The minimum absolute atomic E-state index is 0.0525. The number of anilines is 1. The third-order valence-electron chi connectivity index (χ3n) is 10.8. The smallest absolute Gasteiger partial charge is 0.417 e. The van der Waals surface area contributed by atoms with Gasteiger partial charge in [0.15, 0.2) is 0 Å². The number of aromatic nitrogens is 1. The average Bonchev–Trinajstić information content (AvgIpc) is 2.98. The third kappa shape index (κ3) is 4.94. The second-order valence-electron chi connectivity index (χ2n) is 13.5. The van der Waals surface area contributed by atoms with E-state index in [4.69, 9.17) is 0 Å². The predicted octanol–water partition coefficient (Wildman–Crippen LogP) is 8.89. The Hall–Kier alpha value is -3.56. The highest BCUT2D eigenvalue weighted by atomic mass is 19.4. The van der Waals surface area contributed by atoms with E-state index in [0.29, 0.717) is 17.9 Å². The van der Waals surface area contributed by atoms with E-state index in [1.54, 1.807) is 12.1 Å². The molecule has 6 saturated carbocycles. The van der Waals surface area contributed by atoms with Crippen molar-refractivity contribution < 1.29 is 35.9 Å². The van der Waals surface area contributed by atoms with Crippen LogP contribution >= 0.6 is 0 Å². The van der Waals surface area contributed by atoms with Crippen molar-refractivity contribution >= 4 is 11.6 Å². The number of nitrogens with zero attached hydrogens (tertiary/aromatic N) is 2. The number of benzene rings is 2. The van der Waals surface area contributed by atoms with Gasteiger partial charge in [0.25, 0.3) is 0 Å². The Balaban J connectivity index is 1.13. The fourth-order valence-corrected chi connectivity index (χ4v) is 8.24. The van der Waals surface area contributed by atoms with Gasteiger partial charge < -0.3 is 9.64 Å². The van der Waals surface area contributed by atoms with Gasteiger partial charge in [0.2, 0.25) is 5.91 Å². The minimum Gasteiger partial charge on any atom is -0.435 e. The summed E-state index contributed by atoms with van der Waals surface area (Å²) in [7, 11) is 0. The van der Waals surface area contributed by atoms with Gasteiger partial charge in [0, 0.05) is 29.5 Å². The van der Waals surface area contributed by atoms with Gasteiger partial charge in [-0.3, -0.25) is 9.78 Å². The molecule has 4 bridgehead atoms. The molecule has 2 aromatic carbocycles. The Labute approximate surface area is 251 Å². The Morgan fingerprint density at radius 2 is 1.55 bits per heavy atom. The summed E-state index contributed by atoms with van der Waals surface area (Å²) in [5.41, 5.74) is -0.0981. The van der Waals surface area contributed by atoms with E-state index in [-0.39, 0.29) is 41.7 Å². The number of fused-ring (bicyclic) bond motifs is 3. The number of ether oxygens (including phenoxy) is 1. The highest BCUT2D eigenvalue weighted by Crippen LogP contribution is 2.70. The molecule has 0 spiro atoms. The van der Waals surface area contributed by atoms with Gasteiger partial charge in [-0.05, 0) is 111 Å². The van der Waals surface area contributed by atoms with Crippen molar-refractivity contribution in [1.29, 1.82) is 0 Å². The van der Waals surface area contributed by atoms with E-state index in [0.717, 1.165) is 61.9 Å². The van der Waals surface area contributed by atoms with Crippen LogP contribution in [0, 0.1) is 10.8 Å². The summed E-state index contributed by atoms with van der Waals surface area (Å²) < 4.78 is 83.6. The molecule has 6 fully saturated rings. The van der Waals surface area contributed by atoms with Crippen LogP contribution in [0.3, 0.4) is 0 Å². The molecule has 6 aliphatic rings. The van der Waals surface area contributed by atoms with Crippen LogP contribution < -0.4 is 9.64 Å². The minimum atomic E-state index is -4.43. The number of halogens is 6. The summed E-state index contributed by atoms with van der Waals surface area (Å²) in [6.07, 6.45) is 2.00. The maximum atomic E-state index is 14.5. The highest BCUT2D eigenvalue weighted by molar-refractivity contribution is 6.00. The molecule has 0 unspecified atom stereocenters. The Kier molecular flexibility index (Phi) is 6.61. The first-order chi connectivity index (χ1) is 20.8. The lowest BCUT2D eigenvalue weighted by molar-refractivity contribution is -0.211. The van der Waals surface area contributed by atoms with Crippen molar-refractivity contribution in [2.75, 3.05) is 11.4 Å². The highest BCUT2D eigenvalue weighted by Gasteiger charge is 2.73. The number of carbonyl (C=O) groups excluding carboxylic acids is 1. The second-order valence-corrected chi connectivity index (χ2v) is 13.5. The Morgan fingerprint density at radius 1 is 0.886 bits per heavy atom. The maximum Gasteiger partial charge on any atom is 0.417 e. The standard InChI is InChI=1S/C34H32F6N2O2/c35-29(36)44-26-7-4-22(5-8-26)23-2-1-3-25(16-23)42(28(43)32-18-33(37,19-32)20-32)21-30-10-13-31(14-11-30,15-12-30)27-9-6-24(17-41-27)34(38,39)40/h1-9,16-17,29H,10-15,18-21H2. The molecule has 0 atom stereocenters. The van der Waals surface area contributed by atoms with Gasteiger partial charge in [-0.15, -0.1) is 0 Å². The number of rotatable bonds is 8. The van der Waals surface area contributed by atoms with Gasteiger partial charge in [-0.25, -0.2) is 4.39 Å². The van der Waals surface area contributed by atoms with E-state index >= 15 is 0 Å². The van der Waals surface area contributed by atoms with Crippen LogP contribution in [-0.4, -0.2) is 29.7 Å². The molecule has 44 heavy (non-hydrogen) atoms. The molecule has 0 aliphatic heterocycles. The number of alkyl halides is 6. The molecule has 0 N–H and O–H groups in total. The fourth-order valence-electron chi connectivity index (χ4n) is 8.24. The zero-order chi connectivity index (χ0) is 31.0. The van der Waals surface area contributed by atoms with Crippen LogP contribution in [0.2, 0.25) is 0 Å². The first-order valence-corrected chi connectivity index (χ1v) is 15.0. The van der Waals surface area contributed by atoms with Gasteiger partial charge in [0.1, 0.15) is 11.4 Å². The van der Waals surface area contributed by atoms with Gasteiger partial charge in [-0.1, -0.05) is 24.3 Å². The molecule has 10 heteroatoms. The number of pyridine rings is 1. The van der Waals surface area contributed by atoms with E-state index in [1.165, 1.54) is 18.2 Å². The van der Waals surface area contributed by atoms with Crippen molar-refractivity contribution in [1.82, 2.24) is 4.98 Å². The van der Waals surface area contributed by atoms with Gasteiger partial charge in [0.05, 0.1) is 11.0 Å². The number of hydrogen-bond acceptors (Lipinski definition) is 3. The van der Waals surface area contributed by atoms with Crippen LogP contribution in [0.4, 0.5) is 32.0 Å². The molecule has 6 aliphatic carbocycles. The summed E-state index contributed by atoms with van der Waals surface area (Å²) in [6, 6.07) is 16.5. The first kappa shape index (κ1) is 29.2. The number of carbonyl (C=O) groups is 1. The largest absolute Gasteiger partial charge is 0.435 e. The molecular formula is C34H32F6N2O2. The monoisotopic (exact) mass is 614 g/mol. The lowest BCUT2D eigenvalue weighted by atomic mass is 9.41. The maximum absolute atomic E-state index is 14.5. The summed E-state index contributed by atoms with van der Waals surface area (Å²) in [5, 5.41) is 0. The van der Waals surface area contributed by atoms with Crippen molar-refractivity contribution in [3.8, 4) is 16.9 Å². The molecule has 1 aromatic heterocycles. The van der Waals surface area contributed by atoms with Crippen LogP contribution in [0.5, 0.6) is 5.75 Å². The van der Waals surface area contributed by atoms with E-state index in [1.807, 2.05) is 29.2 Å². The van der Waals surface area contributed by atoms with Crippen LogP contribution in [0.1, 0.15) is 69.0 Å². The average molecular weight is 615 g/mol. The molecule has 232 valence electrons. The molecule has 1 amide bonds. The van der Waals surface area contributed by atoms with Crippen LogP contribution in [0.15, 0.2) is 66.9 Å². The molecule has 3 aromatic rings. The molecule has 0 radical (unpaired) electrons. The van der Waals surface area contributed by atoms with Crippen molar-refractivity contribution in [2.45, 2.75) is 81.7 Å². The molecule has 1 heterocycles. The SMILES string of the molecule is O=C(N(CC12CCC(c3ccc(C(F)(F)F)cn3)(CC1)CC2)c1cccc(-c2ccc(OC(F)F)cc2)c1)C12CC(F)(C1)C2. The first-order valence-electron chi connectivity index (χ1n) is 15.0. The molecular weight excluding hydrogens is 582 g/mol. The second kappa shape index (κ2) is 9.97. The van der Waals surface area contributed by atoms with Gasteiger partial charge in [-0.2, -0.15) is 22.0 Å². The topological polar surface area (TPSA) is 42.4 Å². The Morgan fingerprint density at radius 3 is 2.09 bits per heavy atom. The Bertz CT molecular complexity index is 1530. The summed E-state index contributed by atoms with van der Waals surface area (Å²) in [4.78, 5) is 20.2. The predicted molar refractivity (Wildman–Crippen MR) is 152 cm³/mol. The lowest BCUT2D eigenvalue weighted by Gasteiger charge is -2.65. The van der Waals surface area contributed by atoms with Crippen molar-refractivity contribution in [3.05, 3.63) is 78.1 Å². The summed E-state index contributed by atoms with van der Waals surface area (Å²) in [5.74, 6) is -0.00667. The van der Waals surface area contributed by atoms with Crippen molar-refractivity contribution in [3.63, 3.8) is 0 Å². The third-order valence-corrected chi connectivity index (χ3v) is 10.8. The summed E-state index contributed by atoms with van der Waals surface area (Å²) >= 11 is 0. The quantitative estimate of drug-likeness (QED) is 0.238. The summed E-state index contributed by atoms with van der Waals surface area (Å²) in [6.45, 7) is -2.44. The van der Waals surface area contributed by atoms with E-state index in [2.05, 4.69) is 9.72 Å².